The lowest BCUT2D eigenvalue weighted by Gasteiger charge is -2.18. The van der Waals surface area contributed by atoms with Crippen molar-refractivity contribution in [3.8, 4) is 17.6 Å². The van der Waals surface area contributed by atoms with E-state index in [2.05, 4.69) is 21.9 Å². The first-order chi connectivity index (χ1) is 10.5. The van der Waals surface area contributed by atoms with Crippen LogP contribution in [0, 0.1) is 17.7 Å². The van der Waals surface area contributed by atoms with Gasteiger partial charge in [0.25, 0.3) is 0 Å². The molecule has 0 aliphatic heterocycles. The number of nitrogens with one attached hydrogen (secondary N) is 1. The highest BCUT2D eigenvalue weighted by Crippen LogP contribution is 2.24. The normalized spacial score (nSPS) is 11.3. The van der Waals surface area contributed by atoms with Crippen LogP contribution in [0.4, 0.5) is 22.4 Å². The molecule has 23 heavy (non-hydrogen) atoms. The summed E-state index contributed by atoms with van der Waals surface area (Å²) >= 11 is 0. The highest BCUT2D eigenvalue weighted by Gasteiger charge is 2.31. The lowest BCUT2D eigenvalue weighted by molar-refractivity contribution is -0.274. The van der Waals surface area contributed by atoms with E-state index in [9.17, 15) is 22.4 Å². The third-order valence-corrected chi connectivity index (χ3v) is 2.12. The van der Waals surface area contributed by atoms with Crippen molar-refractivity contribution in [1.82, 2.24) is 5.32 Å². The van der Waals surface area contributed by atoms with Gasteiger partial charge in [-0.25, -0.2) is 9.18 Å². The maximum atomic E-state index is 13.6. The van der Waals surface area contributed by atoms with E-state index in [1.54, 1.807) is 20.8 Å². The molecule has 1 aromatic carbocycles. The number of carbonyl (C=O) groups excluding carboxylic acids is 1. The van der Waals surface area contributed by atoms with Gasteiger partial charge in [0.15, 0.2) is 0 Å². The number of rotatable bonds is 2. The van der Waals surface area contributed by atoms with Gasteiger partial charge in [0.2, 0.25) is 0 Å². The first-order valence-electron chi connectivity index (χ1n) is 6.47. The molecule has 4 nitrogen and oxygen atoms in total. The second kappa shape index (κ2) is 7.22. The van der Waals surface area contributed by atoms with Crippen LogP contribution >= 0.6 is 0 Å². The zero-order valence-electron chi connectivity index (χ0n) is 12.7. The summed E-state index contributed by atoms with van der Waals surface area (Å²) in [7, 11) is 0. The summed E-state index contributed by atoms with van der Waals surface area (Å²) < 4.78 is 58.1. The lowest BCUT2D eigenvalue weighted by atomic mass is 10.2. The van der Waals surface area contributed by atoms with E-state index in [0.717, 1.165) is 12.1 Å². The average molecular weight is 333 g/mol. The predicted octanol–water partition coefficient (Wildman–Crippen LogP) is 3.60. The minimum Gasteiger partial charge on any atom is -0.444 e. The maximum Gasteiger partial charge on any atom is 0.573 e. The number of hydrogen-bond donors (Lipinski definition) is 1. The van der Waals surface area contributed by atoms with Gasteiger partial charge in [-0.15, -0.1) is 13.2 Å². The predicted molar refractivity (Wildman–Crippen MR) is 74.2 cm³/mol. The Balaban J connectivity index is 2.61. The maximum absolute atomic E-state index is 13.6. The quantitative estimate of drug-likeness (QED) is 0.664. The second-order valence-electron chi connectivity index (χ2n) is 5.35. The molecule has 0 bridgehead atoms. The SMILES string of the molecule is CC(C)(C)OC(=O)NCC#Cc1ccc(OC(F)(F)F)cc1F. The molecule has 126 valence electrons. The van der Waals surface area contributed by atoms with E-state index in [-0.39, 0.29) is 12.1 Å². The Kier molecular flexibility index (Phi) is 5.85. The van der Waals surface area contributed by atoms with Crippen LogP contribution in [-0.2, 0) is 4.74 Å². The second-order valence-corrected chi connectivity index (χ2v) is 5.35. The minimum atomic E-state index is -4.89. The third-order valence-electron chi connectivity index (χ3n) is 2.12. The fraction of sp³-hybridized carbons (Fsp3) is 0.400. The summed E-state index contributed by atoms with van der Waals surface area (Å²) in [4.78, 5) is 11.3. The number of hydrogen-bond acceptors (Lipinski definition) is 3. The topological polar surface area (TPSA) is 47.6 Å². The Bertz CT molecular complexity index is 624. The molecule has 0 heterocycles. The zero-order valence-corrected chi connectivity index (χ0v) is 12.7. The first-order valence-corrected chi connectivity index (χ1v) is 6.47. The lowest BCUT2D eigenvalue weighted by Crippen LogP contribution is -2.32. The highest BCUT2D eigenvalue weighted by molar-refractivity contribution is 5.68. The van der Waals surface area contributed by atoms with Crippen LogP contribution in [0.5, 0.6) is 5.75 Å². The number of amides is 1. The van der Waals surface area contributed by atoms with E-state index in [1.165, 1.54) is 0 Å². The molecule has 8 heteroatoms. The molecule has 0 unspecified atom stereocenters. The van der Waals surface area contributed by atoms with Crippen molar-refractivity contribution in [1.29, 1.82) is 0 Å². The van der Waals surface area contributed by atoms with Crippen molar-refractivity contribution < 1.29 is 31.8 Å². The van der Waals surface area contributed by atoms with Gasteiger partial charge in [0.1, 0.15) is 17.2 Å². The molecule has 1 amide bonds. The Morgan fingerprint density at radius 3 is 2.43 bits per heavy atom. The fourth-order valence-corrected chi connectivity index (χ4v) is 1.36. The number of alkyl carbamates (subject to hydrolysis) is 1. The molecule has 0 saturated carbocycles. The van der Waals surface area contributed by atoms with Gasteiger partial charge in [0, 0.05) is 6.07 Å². The van der Waals surface area contributed by atoms with Gasteiger partial charge in [-0.05, 0) is 32.9 Å². The van der Waals surface area contributed by atoms with Crippen molar-refractivity contribution in [3.05, 3.63) is 29.6 Å². The van der Waals surface area contributed by atoms with Crippen molar-refractivity contribution in [2.45, 2.75) is 32.7 Å². The van der Waals surface area contributed by atoms with Crippen LogP contribution in [-0.4, -0.2) is 24.6 Å². The number of alkyl halides is 3. The number of benzene rings is 1. The van der Waals surface area contributed by atoms with Gasteiger partial charge in [0.05, 0.1) is 12.1 Å². The summed E-state index contributed by atoms with van der Waals surface area (Å²) in [6.45, 7) is 4.98. The van der Waals surface area contributed by atoms with Gasteiger partial charge < -0.3 is 14.8 Å². The van der Waals surface area contributed by atoms with E-state index in [1.807, 2.05) is 0 Å². The van der Waals surface area contributed by atoms with Crippen molar-refractivity contribution >= 4 is 6.09 Å². The smallest absolute Gasteiger partial charge is 0.444 e. The first kappa shape index (κ1) is 18.6. The molecule has 0 radical (unpaired) electrons. The van der Waals surface area contributed by atoms with E-state index in [4.69, 9.17) is 4.74 Å². The Morgan fingerprint density at radius 2 is 1.91 bits per heavy atom. The largest absolute Gasteiger partial charge is 0.573 e. The monoisotopic (exact) mass is 333 g/mol. The van der Waals surface area contributed by atoms with Crippen LogP contribution < -0.4 is 10.1 Å². The summed E-state index contributed by atoms with van der Waals surface area (Å²) in [6, 6.07) is 2.58. The van der Waals surface area contributed by atoms with Crippen LogP contribution in [0.25, 0.3) is 0 Å². The van der Waals surface area contributed by atoms with Crippen molar-refractivity contribution in [2.24, 2.45) is 0 Å². The molecule has 1 aromatic rings. The van der Waals surface area contributed by atoms with Gasteiger partial charge in [-0.2, -0.15) is 0 Å². The van der Waals surface area contributed by atoms with E-state index in [0.29, 0.717) is 6.07 Å². The summed E-state index contributed by atoms with van der Waals surface area (Å²) in [5.74, 6) is 3.22. The Labute approximate surface area is 130 Å². The summed E-state index contributed by atoms with van der Waals surface area (Å²) in [6.07, 6.45) is -5.57. The van der Waals surface area contributed by atoms with Crippen LogP contribution in [0.1, 0.15) is 26.3 Å². The van der Waals surface area contributed by atoms with Crippen LogP contribution in [0.15, 0.2) is 18.2 Å². The fourth-order valence-electron chi connectivity index (χ4n) is 1.36. The zero-order chi connectivity index (χ0) is 17.7. The molecule has 1 N–H and O–H groups in total. The van der Waals surface area contributed by atoms with Gasteiger partial charge in [-0.1, -0.05) is 11.8 Å². The number of halogens is 4. The summed E-state index contributed by atoms with van der Waals surface area (Å²) in [5.41, 5.74) is -0.775. The van der Waals surface area contributed by atoms with E-state index >= 15 is 0 Å². The van der Waals surface area contributed by atoms with Crippen LogP contribution in [0.3, 0.4) is 0 Å². The van der Waals surface area contributed by atoms with Crippen molar-refractivity contribution in [3.63, 3.8) is 0 Å². The molecule has 0 saturated heterocycles. The molecular formula is C15H15F4NO3. The molecule has 0 spiro atoms. The average Bonchev–Trinajstić information content (AvgIpc) is 2.32. The summed E-state index contributed by atoms with van der Waals surface area (Å²) in [5, 5.41) is 2.34. The molecule has 0 aromatic heterocycles. The Hall–Kier alpha value is -2.43. The Morgan fingerprint density at radius 1 is 1.26 bits per heavy atom. The van der Waals surface area contributed by atoms with Gasteiger partial charge >= 0.3 is 12.5 Å². The molecule has 1 rings (SSSR count). The van der Waals surface area contributed by atoms with Crippen LogP contribution in [0.2, 0.25) is 0 Å². The molecule has 0 aliphatic rings. The minimum absolute atomic E-state index is 0.102. The number of ether oxygens (including phenoxy) is 2. The highest BCUT2D eigenvalue weighted by atomic mass is 19.4. The third kappa shape index (κ3) is 7.95. The molecule has 0 aliphatic carbocycles. The standard InChI is InChI=1S/C15H15F4NO3/c1-14(2,3)23-13(21)20-8-4-5-10-6-7-11(9-12(10)16)22-15(17,18)19/h6-7,9H,8H2,1-3H3,(H,20,21). The van der Waals surface area contributed by atoms with Crippen molar-refractivity contribution in [2.75, 3.05) is 6.54 Å². The molecule has 0 fully saturated rings. The van der Waals surface area contributed by atoms with E-state index < -0.39 is 29.6 Å². The number of carbonyl (C=O) groups is 1. The van der Waals surface area contributed by atoms with Gasteiger partial charge in [-0.3, -0.25) is 0 Å². The molecule has 0 atom stereocenters. The molecular weight excluding hydrogens is 318 g/mol.